The van der Waals surface area contributed by atoms with Crippen molar-refractivity contribution in [2.45, 2.75) is 12.8 Å². The van der Waals surface area contributed by atoms with Crippen LogP contribution in [0.15, 0.2) is 54.6 Å². The van der Waals surface area contributed by atoms with Crippen molar-refractivity contribution in [2.75, 3.05) is 16.8 Å². The first-order valence-corrected chi connectivity index (χ1v) is 9.63. The minimum atomic E-state index is -0.433. The Morgan fingerprint density at radius 2 is 1.89 bits per heavy atom. The average molecular weight is 396 g/mol. The van der Waals surface area contributed by atoms with E-state index in [2.05, 4.69) is 15.5 Å². The highest BCUT2D eigenvalue weighted by atomic mass is 32.1. The maximum Gasteiger partial charge on any atom is 0.231 e. The number of anilines is 2. The highest BCUT2D eigenvalue weighted by molar-refractivity contribution is 7.15. The van der Waals surface area contributed by atoms with Crippen LogP contribution in [0.3, 0.4) is 0 Å². The number of carbonyl (C=O) groups is 2. The molecule has 1 fully saturated rings. The van der Waals surface area contributed by atoms with Gasteiger partial charge in [-0.2, -0.15) is 0 Å². The Morgan fingerprint density at radius 1 is 1.14 bits per heavy atom. The van der Waals surface area contributed by atoms with Gasteiger partial charge in [0, 0.05) is 25.1 Å². The summed E-state index contributed by atoms with van der Waals surface area (Å²) in [4.78, 5) is 26.4. The van der Waals surface area contributed by atoms with Crippen molar-refractivity contribution in [3.8, 4) is 0 Å². The average Bonchev–Trinajstić information content (AvgIpc) is 3.31. The minimum Gasteiger partial charge on any atom is -0.312 e. The van der Waals surface area contributed by atoms with E-state index in [1.165, 1.54) is 23.5 Å². The highest BCUT2D eigenvalue weighted by Gasteiger charge is 2.35. The molecule has 3 aromatic rings. The fourth-order valence-corrected chi connectivity index (χ4v) is 3.88. The van der Waals surface area contributed by atoms with E-state index in [1.807, 2.05) is 30.3 Å². The Kier molecular flexibility index (Phi) is 5.12. The van der Waals surface area contributed by atoms with E-state index in [4.69, 9.17) is 0 Å². The molecule has 28 heavy (non-hydrogen) atoms. The van der Waals surface area contributed by atoms with Crippen LogP contribution in [0.2, 0.25) is 0 Å². The van der Waals surface area contributed by atoms with Gasteiger partial charge in [0.25, 0.3) is 0 Å². The first-order chi connectivity index (χ1) is 13.6. The van der Waals surface area contributed by atoms with Gasteiger partial charge in [-0.05, 0) is 29.8 Å². The summed E-state index contributed by atoms with van der Waals surface area (Å²) in [6.45, 7) is 0.343. The summed E-state index contributed by atoms with van der Waals surface area (Å²) in [5, 5.41) is 11.9. The molecule has 8 heteroatoms. The number of nitrogens with zero attached hydrogens (tertiary/aromatic N) is 3. The summed E-state index contributed by atoms with van der Waals surface area (Å²) in [5.74, 6) is -1.03. The van der Waals surface area contributed by atoms with Crippen LogP contribution in [0.4, 0.5) is 15.2 Å². The van der Waals surface area contributed by atoms with Gasteiger partial charge in [-0.3, -0.25) is 9.59 Å². The SMILES string of the molecule is O=C(Nc1nnc(Cc2ccc(F)cc2)s1)[C@H]1CC(=O)N(c2ccccc2)C1. The monoisotopic (exact) mass is 396 g/mol. The number of halogens is 1. The molecule has 1 saturated heterocycles. The molecule has 1 aliphatic heterocycles. The van der Waals surface area contributed by atoms with Crippen LogP contribution < -0.4 is 10.2 Å². The third kappa shape index (κ3) is 4.07. The fraction of sp³-hybridized carbons (Fsp3) is 0.200. The highest BCUT2D eigenvalue weighted by Crippen LogP contribution is 2.26. The molecule has 4 rings (SSSR count). The molecule has 0 saturated carbocycles. The van der Waals surface area contributed by atoms with Crippen molar-refractivity contribution in [3.63, 3.8) is 0 Å². The Balaban J connectivity index is 1.37. The van der Waals surface area contributed by atoms with E-state index >= 15 is 0 Å². The van der Waals surface area contributed by atoms with Gasteiger partial charge < -0.3 is 10.2 Å². The Bertz CT molecular complexity index is 991. The van der Waals surface area contributed by atoms with Gasteiger partial charge in [0.2, 0.25) is 16.9 Å². The third-order valence-corrected chi connectivity index (χ3v) is 5.37. The van der Waals surface area contributed by atoms with Gasteiger partial charge in [-0.1, -0.05) is 41.7 Å². The molecule has 2 amide bonds. The van der Waals surface area contributed by atoms with Crippen molar-refractivity contribution >= 4 is 34.0 Å². The predicted octanol–water partition coefficient (Wildman–Crippen LogP) is 3.26. The van der Waals surface area contributed by atoms with Gasteiger partial charge in [0.15, 0.2) is 0 Å². The molecule has 142 valence electrons. The largest absolute Gasteiger partial charge is 0.312 e. The lowest BCUT2D eigenvalue weighted by Gasteiger charge is -2.16. The van der Waals surface area contributed by atoms with Gasteiger partial charge in [-0.15, -0.1) is 10.2 Å². The lowest BCUT2D eigenvalue weighted by atomic mass is 10.1. The molecule has 1 aromatic heterocycles. The number of nitrogens with one attached hydrogen (secondary N) is 1. The molecule has 0 radical (unpaired) electrons. The molecule has 0 spiro atoms. The van der Waals surface area contributed by atoms with Crippen molar-refractivity contribution in [2.24, 2.45) is 5.92 Å². The third-order valence-electron chi connectivity index (χ3n) is 4.53. The maximum atomic E-state index is 13.0. The second-order valence-corrected chi connectivity index (χ2v) is 7.60. The Labute approximate surface area is 165 Å². The van der Waals surface area contributed by atoms with E-state index in [-0.39, 0.29) is 24.1 Å². The molecule has 1 atom stereocenters. The van der Waals surface area contributed by atoms with E-state index in [0.717, 1.165) is 16.3 Å². The van der Waals surface area contributed by atoms with Gasteiger partial charge in [-0.25, -0.2) is 4.39 Å². The van der Waals surface area contributed by atoms with Crippen LogP contribution in [0.25, 0.3) is 0 Å². The quantitative estimate of drug-likeness (QED) is 0.718. The van der Waals surface area contributed by atoms with Crippen molar-refractivity contribution in [1.29, 1.82) is 0 Å². The molecular formula is C20H17FN4O2S. The molecule has 1 N–H and O–H groups in total. The summed E-state index contributed by atoms with van der Waals surface area (Å²) in [6.07, 6.45) is 0.680. The fourth-order valence-electron chi connectivity index (χ4n) is 3.10. The first kappa shape index (κ1) is 18.2. The number of hydrogen-bond donors (Lipinski definition) is 1. The van der Waals surface area contributed by atoms with Crippen LogP contribution in [0.5, 0.6) is 0 Å². The zero-order valence-corrected chi connectivity index (χ0v) is 15.7. The summed E-state index contributed by atoms with van der Waals surface area (Å²) < 4.78 is 13.0. The molecule has 1 aliphatic rings. The number of aromatic nitrogens is 2. The second kappa shape index (κ2) is 7.85. The van der Waals surface area contributed by atoms with Crippen LogP contribution in [0.1, 0.15) is 17.0 Å². The number of benzene rings is 2. The summed E-state index contributed by atoms with van der Waals surface area (Å²) >= 11 is 1.27. The van der Waals surface area contributed by atoms with E-state index < -0.39 is 5.92 Å². The van der Waals surface area contributed by atoms with Gasteiger partial charge >= 0.3 is 0 Å². The van der Waals surface area contributed by atoms with E-state index in [9.17, 15) is 14.0 Å². The minimum absolute atomic E-state index is 0.0689. The van der Waals surface area contributed by atoms with Gasteiger partial charge in [0.1, 0.15) is 10.8 Å². The van der Waals surface area contributed by atoms with Gasteiger partial charge in [0.05, 0.1) is 5.92 Å². The smallest absolute Gasteiger partial charge is 0.231 e. The zero-order chi connectivity index (χ0) is 19.5. The summed E-state index contributed by atoms with van der Waals surface area (Å²) in [5.41, 5.74) is 1.70. The van der Waals surface area contributed by atoms with E-state index in [0.29, 0.717) is 18.1 Å². The van der Waals surface area contributed by atoms with Crippen molar-refractivity contribution < 1.29 is 14.0 Å². The number of rotatable bonds is 5. The predicted molar refractivity (Wildman–Crippen MR) is 105 cm³/mol. The van der Waals surface area contributed by atoms with Crippen LogP contribution >= 0.6 is 11.3 Å². The van der Waals surface area contributed by atoms with Crippen molar-refractivity contribution in [1.82, 2.24) is 10.2 Å². The molecule has 2 aromatic carbocycles. The number of carbonyl (C=O) groups excluding carboxylic acids is 2. The lowest BCUT2D eigenvalue weighted by molar-refractivity contribution is -0.122. The van der Waals surface area contributed by atoms with Crippen LogP contribution in [0, 0.1) is 11.7 Å². The Hall–Kier alpha value is -3.13. The molecule has 0 bridgehead atoms. The number of para-hydroxylation sites is 1. The first-order valence-electron chi connectivity index (χ1n) is 8.81. The van der Waals surface area contributed by atoms with E-state index in [1.54, 1.807) is 17.0 Å². The van der Waals surface area contributed by atoms with Crippen LogP contribution in [-0.4, -0.2) is 28.6 Å². The summed E-state index contributed by atoms with van der Waals surface area (Å²) in [6, 6.07) is 15.5. The molecule has 0 aliphatic carbocycles. The molecule has 2 heterocycles. The molecule has 6 nitrogen and oxygen atoms in total. The number of amides is 2. The van der Waals surface area contributed by atoms with Crippen LogP contribution in [-0.2, 0) is 16.0 Å². The number of hydrogen-bond acceptors (Lipinski definition) is 5. The zero-order valence-electron chi connectivity index (χ0n) is 14.8. The summed E-state index contributed by atoms with van der Waals surface area (Å²) in [7, 11) is 0. The van der Waals surface area contributed by atoms with Crippen molar-refractivity contribution in [3.05, 3.63) is 71.0 Å². The maximum absolute atomic E-state index is 13.0. The molecule has 0 unspecified atom stereocenters. The second-order valence-electron chi connectivity index (χ2n) is 6.53. The normalized spacial score (nSPS) is 16.4. The lowest BCUT2D eigenvalue weighted by Crippen LogP contribution is -2.28. The Morgan fingerprint density at radius 3 is 2.64 bits per heavy atom. The standard InChI is InChI=1S/C20H17FN4O2S/c21-15-8-6-13(7-9-15)10-17-23-24-20(28-17)22-19(27)14-11-18(26)25(12-14)16-4-2-1-3-5-16/h1-9,14H,10-12H2,(H,22,24,27)/t14-/m0/s1. The topological polar surface area (TPSA) is 75.2 Å². The molecular weight excluding hydrogens is 379 g/mol.